The SMILES string of the molecule is CC(=O)/C=C(\C)N[C@H](Cc1c[nH]c2ccccc12)C(=O)NCc1ccccc1. The first-order valence-electron chi connectivity index (χ1n) is 9.35. The highest BCUT2D eigenvalue weighted by Crippen LogP contribution is 2.19. The Morgan fingerprint density at radius 3 is 2.50 bits per heavy atom. The minimum atomic E-state index is -0.487. The van der Waals surface area contributed by atoms with Crippen molar-refractivity contribution in [2.45, 2.75) is 32.9 Å². The van der Waals surface area contributed by atoms with E-state index in [0.29, 0.717) is 18.7 Å². The highest BCUT2D eigenvalue weighted by Gasteiger charge is 2.20. The first kappa shape index (κ1) is 19.4. The lowest BCUT2D eigenvalue weighted by Crippen LogP contribution is -2.44. The number of allylic oxidation sites excluding steroid dienone is 2. The number of hydrogen-bond acceptors (Lipinski definition) is 3. The maximum atomic E-state index is 12.9. The summed E-state index contributed by atoms with van der Waals surface area (Å²) in [4.78, 5) is 27.5. The summed E-state index contributed by atoms with van der Waals surface area (Å²) in [6.07, 6.45) is 3.95. The summed E-state index contributed by atoms with van der Waals surface area (Å²) >= 11 is 0. The molecule has 0 aliphatic carbocycles. The summed E-state index contributed by atoms with van der Waals surface area (Å²) in [7, 11) is 0. The van der Waals surface area contributed by atoms with Crippen molar-refractivity contribution in [2.75, 3.05) is 0 Å². The van der Waals surface area contributed by atoms with E-state index in [-0.39, 0.29) is 11.7 Å². The lowest BCUT2D eigenvalue weighted by Gasteiger charge is -2.20. The molecule has 0 bridgehead atoms. The standard InChI is InChI=1S/C23H25N3O2/c1-16(12-17(2)27)26-22(23(28)25-14-18-8-4-3-5-9-18)13-19-15-24-21-11-7-6-10-20(19)21/h3-12,15,22,24,26H,13-14H2,1-2H3,(H,25,28)/b16-12+/t22-/m1/s1. The fourth-order valence-corrected chi connectivity index (χ4v) is 3.26. The van der Waals surface area contributed by atoms with Crippen molar-refractivity contribution < 1.29 is 9.59 Å². The highest BCUT2D eigenvalue weighted by atomic mass is 16.2. The van der Waals surface area contributed by atoms with Crippen LogP contribution in [0.1, 0.15) is 25.0 Å². The van der Waals surface area contributed by atoms with Crippen LogP contribution >= 0.6 is 0 Å². The van der Waals surface area contributed by atoms with Crippen LogP contribution in [0.5, 0.6) is 0 Å². The molecule has 0 spiro atoms. The van der Waals surface area contributed by atoms with Crippen LogP contribution in [-0.2, 0) is 22.6 Å². The van der Waals surface area contributed by atoms with Crippen LogP contribution in [0.4, 0.5) is 0 Å². The molecule has 0 radical (unpaired) electrons. The lowest BCUT2D eigenvalue weighted by molar-refractivity contribution is -0.123. The van der Waals surface area contributed by atoms with Crippen LogP contribution in [-0.4, -0.2) is 22.7 Å². The molecule has 5 heteroatoms. The number of benzene rings is 2. The maximum absolute atomic E-state index is 12.9. The summed E-state index contributed by atoms with van der Waals surface area (Å²) < 4.78 is 0. The molecule has 2 aromatic carbocycles. The van der Waals surface area contributed by atoms with E-state index in [0.717, 1.165) is 22.0 Å². The maximum Gasteiger partial charge on any atom is 0.243 e. The van der Waals surface area contributed by atoms with Crippen molar-refractivity contribution in [1.82, 2.24) is 15.6 Å². The molecule has 0 aliphatic rings. The Labute approximate surface area is 164 Å². The smallest absolute Gasteiger partial charge is 0.243 e. The number of rotatable bonds is 8. The molecule has 1 atom stereocenters. The third kappa shape index (κ3) is 5.10. The van der Waals surface area contributed by atoms with Gasteiger partial charge in [-0.2, -0.15) is 0 Å². The normalized spacial score (nSPS) is 12.6. The van der Waals surface area contributed by atoms with Gasteiger partial charge in [0, 0.05) is 35.8 Å². The van der Waals surface area contributed by atoms with Crippen LogP contribution in [0.15, 0.2) is 72.6 Å². The van der Waals surface area contributed by atoms with Gasteiger partial charge in [-0.1, -0.05) is 48.5 Å². The second-order valence-electron chi connectivity index (χ2n) is 6.90. The first-order valence-corrected chi connectivity index (χ1v) is 9.35. The molecule has 0 unspecified atom stereocenters. The quantitative estimate of drug-likeness (QED) is 0.528. The molecule has 0 aliphatic heterocycles. The minimum absolute atomic E-state index is 0.0551. The summed E-state index contributed by atoms with van der Waals surface area (Å²) in [5, 5.41) is 7.29. The van der Waals surface area contributed by atoms with Crippen LogP contribution < -0.4 is 10.6 Å². The van der Waals surface area contributed by atoms with Gasteiger partial charge >= 0.3 is 0 Å². The summed E-state index contributed by atoms with van der Waals surface area (Å²) in [5.41, 5.74) is 3.81. The molecule has 144 valence electrons. The summed E-state index contributed by atoms with van der Waals surface area (Å²) in [5.74, 6) is -0.161. The number of carbonyl (C=O) groups excluding carboxylic acids is 2. The molecular weight excluding hydrogens is 350 g/mol. The molecule has 0 saturated carbocycles. The Kier molecular flexibility index (Phi) is 6.27. The first-order chi connectivity index (χ1) is 13.5. The number of para-hydroxylation sites is 1. The number of H-pyrrole nitrogens is 1. The van der Waals surface area contributed by atoms with Gasteiger partial charge in [0.2, 0.25) is 5.91 Å². The van der Waals surface area contributed by atoms with Crippen molar-refractivity contribution in [2.24, 2.45) is 0 Å². The second-order valence-corrected chi connectivity index (χ2v) is 6.90. The fraction of sp³-hybridized carbons (Fsp3) is 0.217. The summed E-state index contributed by atoms with van der Waals surface area (Å²) in [6, 6.07) is 17.3. The third-order valence-electron chi connectivity index (χ3n) is 4.55. The van der Waals surface area contributed by atoms with Gasteiger partial charge in [-0.3, -0.25) is 9.59 Å². The zero-order chi connectivity index (χ0) is 19.9. The van der Waals surface area contributed by atoms with E-state index in [1.807, 2.05) is 60.8 Å². The molecule has 1 aromatic heterocycles. The monoisotopic (exact) mass is 375 g/mol. The Balaban J connectivity index is 1.77. The number of hydrogen-bond donors (Lipinski definition) is 3. The van der Waals surface area contributed by atoms with E-state index in [2.05, 4.69) is 15.6 Å². The van der Waals surface area contributed by atoms with Gasteiger partial charge < -0.3 is 15.6 Å². The van der Waals surface area contributed by atoms with E-state index in [1.165, 1.54) is 13.0 Å². The number of amides is 1. The zero-order valence-corrected chi connectivity index (χ0v) is 16.2. The molecule has 3 rings (SSSR count). The molecule has 0 fully saturated rings. The number of carbonyl (C=O) groups is 2. The Bertz CT molecular complexity index is 989. The molecule has 1 heterocycles. The van der Waals surface area contributed by atoms with E-state index in [1.54, 1.807) is 6.92 Å². The predicted octanol–water partition coefficient (Wildman–Crippen LogP) is 3.48. The molecule has 3 N–H and O–H groups in total. The fourth-order valence-electron chi connectivity index (χ4n) is 3.26. The summed E-state index contributed by atoms with van der Waals surface area (Å²) in [6.45, 7) is 3.75. The van der Waals surface area contributed by atoms with Crippen molar-refractivity contribution >= 4 is 22.6 Å². The van der Waals surface area contributed by atoms with Gasteiger partial charge in [-0.15, -0.1) is 0 Å². The van der Waals surface area contributed by atoms with Gasteiger partial charge in [0.05, 0.1) is 0 Å². The van der Waals surface area contributed by atoms with Crippen LogP contribution in [0.2, 0.25) is 0 Å². The molecule has 5 nitrogen and oxygen atoms in total. The molecule has 0 saturated heterocycles. The van der Waals surface area contributed by atoms with Crippen molar-refractivity contribution in [1.29, 1.82) is 0 Å². The van der Waals surface area contributed by atoms with Crippen LogP contribution in [0.25, 0.3) is 10.9 Å². The Morgan fingerprint density at radius 1 is 1.04 bits per heavy atom. The van der Waals surface area contributed by atoms with Crippen molar-refractivity contribution in [3.05, 3.63) is 83.7 Å². The van der Waals surface area contributed by atoms with Gasteiger partial charge in [-0.25, -0.2) is 0 Å². The van der Waals surface area contributed by atoms with Crippen molar-refractivity contribution in [3.63, 3.8) is 0 Å². The largest absolute Gasteiger partial charge is 0.377 e. The minimum Gasteiger partial charge on any atom is -0.377 e. The van der Waals surface area contributed by atoms with E-state index in [4.69, 9.17) is 0 Å². The van der Waals surface area contributed by atoms with Crippen LogP contribution in [0.3, 0.4) is 0 Å². The van der Waals surface area contributed by atoms with Gasteiger partial charge in [0.15, 0.2) is 5.78 Å². The van der Waals surface area contributed by atoms with Gasteiger partial charge in [0.1, 0.15) is 6.04 Å². The molecular formula is C23H25N3O2. The van der Waals surface area contributed by atoms with E-state index in [9.17, 15) is 9.59 Å². The van der Waals surface area contributed by atoms with E-state index >= 15 is 0 Å². The number of aromatic amines is 1. The predicted molar refractivity (Wildman–Crippen MR) is 112 cm³/mol. The number of aromatic nitrogens is 1. The van der Waals surface area contributed by atoms with Crippen LogP contribution in [0, 0.1) is 0 Å². The van der Waals surface area contributed by atoms with Gasteiger partial charge in [-0.05, 0) is 37.1 Å². The lowest BCUT2D eigenvalue weighted by atomic mass is 10.0. The topological polar surface area (TPSA) is 74.0 Å². The molecule has 1 amide bonds. The molecule has 28 heavy (non-hydrogen) atoms. The Hall–Kier alpha value is -3.34. The highest BCUT2D eigenvalue weighted by molar-refractivity contribution is 5.88. The molecule has 3 aromatic rings. The van der Waals surface area contributed by atoms with Crippen molar-refractivity contribution in [3.8, 4) is 0 Å². The Morgan fingerprint density at radius 2 is 1.75 bits per heavy atom. The second kappa shape index (κ2) is 9.04. The van der Waals surface area contributed by atoms with Gasteiger partial charge in [0.25, 0.3) is 0 Å². The number of ketones is 1. The number of fused-ring (bicyclic) bond motifs is 1. The zero-order valence-electron chi connectivity index (χ0n) is 16.2. The average molecular weight is 375 g/mol. The van der Waals surface area contributed by atoms with E-state index < -0.39 is 6.04 Å². The number of nitrogens with one attached hydrogen (secondary N) is 3. The average Bonchev–Trinajstić information content (AvgIpc) is 3.09. The third-order valence-corrected chi connectivity index (χ3v) is 4.55.